The molecular formula is C13H25NO3. The lowest BCUT2D eigenvalue weighted by Crippen LogP contribution is -2.42. The molecule has 0 aromatic carbocycles. The molecule has 0 saturated carbocycles. The van der Waals surface area contributed by atoms with Gasteiger partial charge in [-0.1, -0.05) is 33.6 Å². The molecule has 0 fully saturated rings. The molecule has 0 rings (SSSR count). The Balaban J connectivity index is 4.13. The molecule has 17 heavy (non-hydrogen) atoms. The number of nitrogens with one attached hydrogen (secondary N) is 1. The van der Waals surface area contributed by atoms with Crippen molar-refractivity contribution in [3.8, 4) is 0 Å². The minimum absolute atomic E-state index is 0.0361. The number of carbonyl (C=O) groups excluding carboxylic acids is 1. The quantitative estimate of drug-likeness (QED) is 0.612. The van der Waals surface area contributed by atoms with Gasteiger partial charge in [-0.3, -0.25) is 9.59 Å². The number of hydrogen-bond donors (Lipinski definition) is 2. The summed E-state index contributed by atoms with van der Waals surface area (Å²) in [5, 5.41) is 11.9. The van der Waals surface area contributed by atoms with Crippen LogP contribution in [0.3, 0.4) is 0 Å². The fourth-order valence-electron chi connectivity index (χ4n) is 1.77. The van der Waals surface area contributed by atoms with Crippen LogP contribution in [-0.4, -0.2) is 23.5 Å². The SMILES string of the molecule is CCCCCC(=O)NCC(CC)(CC)C(=O)O. The Morgan fingerprint density at radius 2 is 1.71 bits per heavy atom. The van der Waals surface area contributed by atoms with Crippen LogP contribution < -0.4 is 5.32 Å². The molecule has 0 aromatic rings. The first-order valence-corrected chi connectivity index (χ1v) is 6.52. The van der Waals surface area contributed by atoms with E-state index in [-0.39, 0.29) is 12.5 Å². The van der Waals surface area contributed by atoms with Crippen molar-refractivity contribution in [2.45, 2.75) is 59.3 Å². The second-order valence-corrected chi connectivity index (χ2v) is 4.53. The summed E-state index contributed by atoms with van der Waals surface area (Å²) >= 11 is 0. The fourth-order valence-corrected chi connectivity index (χ4v) is 1.77. The Kier molecular flexibility index (Phi) is 7.59. The van der Waals surface area contributed by atoms with Crippen LogP contribution in [0, 0.1) is 5.41 Å². The van der Waals surface area contributed by atoms with Gasteiger partial charge >= 0.3 is 5.97 Å². The second kappa shape index (κ2) is 8.09. The molecular weight excluding hydrogens is 218 g/mol. The van der Waals surface area contributed by atoms with E-state index < -0.39 is 11.4 Å². The van der Waals surface area contributed by atoms with Gasteiger partial charge in [-0.2, -0.15) is 0 Å². The smallest absolute Gasteiger partial charge is 0.311 e. The van der Waals surface area contributed by atoms with E-state index in [0.717, 1.165) is 19.3 Å². The number of carboxylic acid groups (broad SMARTS) is 1. The van der Waals surface area contributed by atoms with Gasteiger partial charge in [-0.25, -0.2) is 0 Å². The summed E-state index contributed by atoms with van der Waals surface area (Å²) in [5.74, 6) is -0.859. The third kappa shape index (κ3) is 5.20. The zero-order chi connectivity index (χ0) is 13.3. The van der Waals surface area contributed by atoms with E-state index in [2.05, 4.69) is 12.2 Å². The van der Waals surface area contributed by atoms with Crippen LogP contribution in [0.1, 0.15) is 59.3 Å². The summed E-state index contributed by atoms with van der Waals surface area (Å²) in [6, 6.07) is 0. The summed E-state index contributed by atoms with van der Waals surface area (Å²) < 4.78 is 0. The van der Waals surface area contributed by atoms with Crippen LogP contribution in [0.15, 0.2) is 0 Å². The summed E-state index contributed by atoms with van der Waals surface area (Å²) in [4.78, 5) is 22.7. The maximum absolute atomic E-state index is 11.5. The van der Waals surface area contributed by atoms with Crippen LogP contribution in [0.2, 0.25) is 0 Å². The van der Waals surface area contributed by atoms with Gasteiger partial charge < -0.3 is 10.4 Å². The molecule has 0 aliphatic carbocycles. The Labute approximate surface area is 104 Å². The Bertz CT molecular complexity index is 247. The number of rotatable bonds is 9. The molecule has 0 aliphatic heterocycles. The number of carboxylic acids is 1. The first-order valence-electron chi connectivity index (χ1n) is 6.52. The molecule has 0 heterocycles. The molecule has 0 spiro atoms. The highest BCUT2D eigenvalue weighted by Crippen LogP contribution is 2.25. The maximum Gasteiger partial charge on any atom is 0.311 e. The minimum Gasteiger partial charge on any atom is -0.481 e. The van der Waals surface area contributed by atoms with Crippen LogP contribution >= 0.6 is 0 Å². The van der Waals surface area contributed by atoms with E-state index >= 15 is 0 Å². The van der Waals surface area contributed by atoms with Gasteiger partial charge in [-0.15, -0.1) is 0 Å². The third-order valence-corrected chi connectivity index (χ3v) is 3.44. The van der Waals surface area contributed by atoms with Gasteiger partial charge in [0, 0.05) is 13.0 Å². The van der Waals surface area contributed by atoms with E-state index in [1.807, 2.05) is 13.8 Å². The number of aliphatic carboxylic acids is 1. The van der Waals surface area contributed by atoms with E-state index in [4.69, 9.17) is 0 Å². The summed E-state index contributed by atoms with van der Waals surface area (Å²) in [5.41, 5.74) is -0.805. The van der Waals surface area contributed by atoms with Gasteiger partial charge in [0.25, 0.3) is 0 Å². The van der Waals surface area contributed by atoms with Gasteiger partial charge in [0.15, 0.2) is 0 Å². The molecule has 4 heteroatoms. The number of unbranched alkanes of at least 4 members (excludes halogenated alkanes) is 2. The van der Waals surface area contributed by atoms with Crippen LogP contribution in [-0.2, 0) is 9.59 Å². The van der Waals surface area contributed by atoms with Crippen molar-refractivity contribution in [1.82, 2.24) is 5.32 Å². The lowest BCUT2D eigenvalue weighted by molar-refractivity contribution is -0.149. The maximum atomic E-state index is 11.5. The predicted octanol–water partition coefficient (Wildman–Crippen LogP) is 2.57. The number of carbonyl (C=O) groups is 2. The molecule has 0 unspecified atom stereocenters. The number of amides is 1. The molecule has 0 radical (unpaired) electrons. The molecule has 0 atom stereocenters. The van der Waals surface area contributed by atoms with Crippen molar-refractivity contribution >= 4 is 11.9 Å². The van der Waals surface area contributed by atoms with Crippen molar-refractivity contribution in [3.63, 3.8) is 0 Å². The molecule has 0 aromatic heterocycles. The average Bonchev–Trinajstić information content (AvgIpc) is 2.31. The van der Waals surface area contributed by atoms with Crippen molar-refractivity contribution in [2.24, 2.45) is 5.41 Å². The molecule has 2 N–H and O–H groups in total. The molecule has 100 valence electrons. The average molecular weight is 243 g/mol. The van der Waals surface area contributed by atoms with Crippen LogP contribution in [0.5, 0.6) is 0 Å². The monoisotopic (exact) mass is 243 g/mol. The Morgan fingerprint density at radius 1 is 1.12 bits per heavy atom. The van der Waals surface area contributed by atoms with E-state index in [1.165, 1.54) is 0 Å². The van der Waals surface area contributed by atoms with E-state index in [9.17, 15) is 14.7 Å². The fraction of sp³-hybridized carbons (Fsp3) is 0.846. The lowest BCUT2D eigenvalue weighted by atomic mass is 9.82. The molecule has 0 saturated heterocycles. The zero-order valence-corrected chi connectivity index (χ0v) is 11.2. The molecule has 4 nitrogen and oxygen atoms in total. The first kappa shape index (κ1) is 15.9. The standard InChI is InChI=1S/C13H25NO3/c1-4-7-8-9-11(15)14-10-13(5-2,6-3)12(16)17/h4-10H2,1-3H3,(H,14,15)(H,16,17). The highest BCUT2D eigenvalue weighted by Gasteiger charge is 2.34. The molecule has 0 aliphatic rings. The van der Waals surface area contributed by atoms with E-state index in [1.54, 1.807) is 0 Å². The minimum atomic E-state index is -0.823. The first-order chi connectivity index (χ1) is 8.02. The highest BCUT2D eigenvalue weighted by molar-refractivity contribution is 5.79. The van der Waals surface area contributed by atoms with Crippen molar-refractivity contribution in [3.05, 3.63) is 0 Å². The predicted molar refractivity (Wildman–Crippen MR) is 67.8 cm³/mol. The molecule has 0 bridgehead atoms. The number of hydrogen-bond acceptors (Lipinski definition) is 2. The van der Waals surface area contributed by atoms with Gasteiger partial charge in [0.1, 0.15) is 0 Å². The Morgan fingerprint density at radius 3 is 2.12 bits per heavy atom. The normalized spacial score (nSPS) is 11.2. The lowest BCUT2D eigenvalue weighted by Gasteiger charge is -2.26. The zero-order valence-electron chi connectivity index (χ0n) is 11.2. The summed E-state index contributed by atoms with van der Waals surface area (Å²) in [6.45, 7) is 6.02. The van der Waals surface area contributed by atoms with Crippen molar-refractivity contribution in [2.75, 3.05) is 6.54 Å². The van der Waals surface area contributed by atoms with Gasteiger partial charge in [0.05, 0.1) is 5.41 Å². The Hall–Kier alpha value is -1.06. The van der Waals surface area contributed by atoms with Crippen LogP contribution in [0.25, 0.3) is 0 Å². The van der Waals surface area contributed by atoms with Crippen molar-refractivity contribution < 1.29 is 14.7 Å². The summed E-state index contributed by atoms with van der Waals surface area (Å²) in [7, 11) is 0. The van der Waals surface area contributed by atoms with E-state index in [0.29, 0.717) is 19.3 Å². The van der Waals surface area contributed by atoms with Gasteiger partial charge in [0.2, 0.25) is 5.91 Å². The second-order valence-electron chi connectivity index (χ2n) is 4.53. The largest absolute Gasteiger partial charge is 0.481 e. The van der Waals surface area contributed by atoms with Gasteiger partial charge in [-0.05, 0) is 19.3 Å². The van der Waals surface area contributed by atoms with Crippen molar-refractivity contribution in [1.29, 1.82) is 0 Å². The molecule has 1 amide bonds. The highest BCUT2D eigenvalue weighted by atomic mass is 16.4. The van der Waals surface area contributed by atoms with Crippen LogP contribution in [0.4, 0.5) is 0 Å². The topological polar surface area (TPSA) is 66.4 Å². The third-order valence-electron chi connectivity index (χ3n) is 3.44. The summed E-state index contributed by atoms with van der Waals surface area (Å²) in [6.07, 6.45) is 4.56.